The van der Waals surface area contributed by atoms with E-state index >= 15 is 0 Å². The Morgan fingerprint density at radius 2 is 2.17 bits per heavy atom. The molecule has 1 heterocycles. The Labute approximate surface area is 112 Å². The highest BCUT2D eigenvalue weighted by Crippen LogP contribution is 2.33. The lowest BCUT2D eigenvalue weighted by molar-refractivity contribution is -0.0520. The van der Waals surface area contributed by atoms with Gasteiger partial charge in [0, 0.05) is 19.1 Å². The summed E-state index contributed by atoms with van der Waals surface area (Å²) in [5.41, 5.74) is 6.51. The van der Waals surface area contributed by atoms with Crippen LogP contribution in [0.25, 0.3) is 0 Å². The van der Waals surface area contributed by atoms with E-state index in [1.54, 1.807) is 0 Å². The summed E-state index contributed by atoms with van der Waals surface area (Å²) in [6, 6.07) is 0.244. The van der Waals surface area contributed by atoms with E-state index in [0.29, 0.717) is 5.92 Å². The Hall–Kier alpha value is -0.120. The van der Waals surface area contributed by atoms with Gasteiger partial charge >= 0.3 is 0 Å². The number of rotatable bonds is 4. The molecule has 3 nitrogen and oxygen atoms in total. The molecule has 0 spiro atoms. The van der Waals surface area contributed by atoms with Crippen LogP contribution in [0, 0.1) is 11.8 Å². The minimum Gasteiger partial charge on any atom is -0.374 e. The Morgan fingerprint density at radius 3 is 2.89 bits per heavy atom. The first kappa shape index (κ1) is 14.3. The van der Waals surface area contributed by atoms with Crippen LogP contribution in [-0.2, 0) is 4.74 Å². The van der Waals surface area contributed by atoms with Crippen LogP contribution in [0.5, 0.6) is 0 Å². The number of hydrogen-bond acceptors (Lipinski definition) is 3. The lowest BCUT2D eigenvalue weighted by atomic mass is 9.75. The van der Waals surface area contributed by atoms with Crippen molar-refractivity contribution < 1.29 is 4.74 Å². The van der Waals surface area contributed by atoms with E-state index in [4.69, 9.17) is 10.5 Å². The summed E-state index contributed by atoms with van der Waals surface area (Å²) in [5.74, 6) is 1.59. The summed E-state index contributed by atoms with van der Waals surface area (Å²) in [6.07, 6.45) is 6.98. The van der Waals surface area contributed by atoms with Crippen LogP contribution in [-0.4, -0.2) is 43.3 Å². The highest BCUT2D eigenvalue weighted by atomic mass is 16.5. The van der Waals surface area contributed by atoms with E-state index in [1.807, 2.05) is 0 Å². The second-order valence-corrected chi connectivity index (χ2v) is 6.08. The quantitative estimate of drug-likeness (QED) is 0.836. The van der Waals surface area contributed by atoms with Crippen LogP contribution in [0.3, 0.4) is 0 Å². The van der Waals surface area contributed by atoms with E-state index in [0.717, 1.165) is 32.2 Å². The first-order chi connectivity index (χ1) is 8.74. The van der Waals surface area contributed by atoms with Gasteiger partial charge in [0.2, 0.25) is 0 Å². The van der Waals surface area contributed by atoms with Gasteiger partial charge in [-0.3, -0.25) is 4.90 Å². The fourth-order valence-corrected chi connectivity index (χ4v) is 3.61. The molecule has 2 rings (SSSR count). The van der Waals surface area contributed by atoms with Gasteiger partial charge in [0.05, 0.1) is 12.7 Å². The van der Waals surface area contributed by atoms with Crippen molar-refractivity contribution in [2.45, 2.75) is 58.1 Å². The van der Waals surface area contributed by atoms with Gasteiger partial charge in [0.15, 0.2) is 0 Å². The van der Waals surface area contributed by atoms with Crippen LogP contribution < -0.4 is 5.73 Å². The van der Waals surface area contributed by atoms with Crippen molar-refractivity contribution in [2.24, 2.45) is 17.6 Å². The van der Waals surface area contributed by atoms with E-state index in [2.05, 4.69) is 18.7 Å². The zero-order valence-electron chi connectivity index (χ0n) is 12.1. The molecule has 4 atom stereocenters. The standard InChI is InChI=1S/C15H30N2O/c1-3-12-6-5-7-13(10-12)15(16)14-11-17(4-2)8-9-18-14/h12-15H,3-11,16H2,1-2H3. The Kier molecular flexibility index (Phi) is 5.46. The molecule has 0 radical (unpaired) electrons. The van der Waals surface area contributed by atoms with Crippen LogP contribution in [0.1, 0.15) is 46.0 Å². The zero-order valence-corrected chi connectivity index (χ0v) is 12.1. The van der Waals surface area contributed by atoms with Gasteiger partial charge in [-0.25, -0.2) is 0 Å². The third-order valence-corrected chi connectivity index (χ3v) is 5.00. The highest BCUT2D eigenvalue weighted by molar-refractivity contribution is 4.88. The second kappa shape index (κ2) is 6.88. The van der Waals surface area contributed by atoms with E-state index in [-0.39, 0.29) is 12.1 Å². The molecule has 0 aromatic heterocycles. The molecular weight excluding hydrogens is 224 g/mol. The number of hydrogen-bond donors (Lipinski definition) is 1. The van der Waals surface area contributed by atoms with E-state index < -0.39 is 0 Å². The van der Waals surface area contributed by atoms with Crippen LogP contribution >= 0.6 is 0 Å². The third kappa shape index (κ3) is 3.46. The molecule has 1 saturated carbocycles. The number of likely N-dealkylation sites (N-methyl/N-ethyl adjacent to an activating group) is 1. The minimum absolute atomic E-state index is 0.244. The van der Waals surface area contributed by atoms with Crippen molar-refractivity contribution in [1.82, 2.24) is 4.90 Å². The topological polar surface area (TPSA) is 38.5 Å². The molecular formula is C15H30N2O. The van der Waals surface area contributed by atoms with Crippen molar-refractivity contribution in [2.75, 3.05) is 26.2 Å². The maximum atomic E-state index is 6.51. The molecule has 1 saturated heterocycles. The molecule has 0 bridgehead atoms. The number of morpholine rings is 1. The number of ether oxygens (including phenoxy) is 1. The van der Waals surface area contributed by atoms with E-state index in [1.165, 1.54) is 32.1 Å². The normalized spacial score (nSPS) is 36.5. The smallest absolute Gasteiger partial charge is 0.0855 e. The summed E-state index contributed by atoms with van der Waals surface area (Å²) >= 11 is 0. The van der Waals surface area contributed by atoms with Crippen LogP contribution in [0.4, 0.5) is 0 Å². The average Bonchev–Trinajstić information content (AvgIpc) is 2.46. The molecule has 18 heavy (non-hydrogen) atoms. The molecule has 0 aromatic rings. The van der Waals surface area contributed by atoms with Gasteiger partial charge in [-0.15, -0.1) is 0 Å². The molecule has 0 amide bonds. The monoisotopic (exact) mass is 254 g/mol. The van der Waals surface area contributed by atoms with Gasteiger partial charge in [0.1, 0.15) is 0 Å². The SMILES string of the molecule is CCC1CCCC(C(N)C2CN(CC)CCO2)C1. The van der Waals surface area contributed by atoms with Crippen LogP contribution in [0.2, 0.25) is 0 Å². The maximum absolute atomic E-state index is 6.51. The first-order valence-electron chi connectivity index (χ1n) is 7.84. The Bertz CT molecular complexity index is 223. The molecule has 4 unspecified atom stereocenters. The summed E-state index contributed by atoms with van der Waals surface area (Å²) in [7, 11) is 0. The van der Waals surface area contributed by atoms with Gasteiger partial charge in [-0.05, 0) is 31.2 Å². The molecule has 0 aromatic carbocycles. The van der Waals surface area contributed by atoms with Crippen LogP contribution in [0.15, 0.2) is 0 Å². The van der Waals surface area contributed by atoms with Gasteiger partial charge in [-0.2, -0.15) is 0 Å². The molecule has 1 aliphatic heterocycles. The summed E-state index contributed by atoms with van der Waals surface area (Å²) in [4.78, 5) is 2.47. The summed E-state index contributed by atoms with van der Waals surface area (Å²) in [5, 5.41) is 0. The van der Waals surface area contributed by atoms with Crippen molar-refractivity contribution in [1.29, 1.82) is 0 Å². The predicted octanol–water partition coefficient (Wildman–Crippen LogP) is 2.25. The molecule has 106 valence electrons. The average molecular weight is 254 g/mol. The highest BCUT2D eigenvalue weighted by Gasteiger charge is 2.33. The van der Waals surface area contributed by atoms with Crippen molar-refractivity contribution in [3.8, 4) is 0 Å². The fraction of sp³-hybridized carbons (Fsp3) is 1.00. The second-order valence-electron chi connectivity index (χ2n) is 6.08. The molecule has 2 N–H and O–H groups in total. The van der Waals surface area contributed by atoms with Gasteiger partial charge in [0.25, 0.3) is 0 Å². The Morgan fingerprint density at radius 1 is 1.33 bits per heavy atom. The molecule has 1 aliphatic carbocycles. The number of nitrogens with zero attached hydrogens (tertiary/aromatic N) is 1. The van der Waals surface area contributed by atoms with Gasteiger partial charge in [-0.1, -0.05) is 33.1 Å². The van der Waals surface area contributed by atoms with Crippen molar-refractivity contribution in [3.63, 3.8) is 0 Å². The third-order valence-electron chi connectivity index (χ3n) is 5.00. The van der Waals surface area contributed by atoms with Crippen molar-refractivity contribution in [3.05, 3.63) is 0 Å². The Balaban J connectivity index is 1.87. The largest absolute Gasteiger partial charge is 0.374 e. The fourth-order valence-electron chi connectivity index (χ4n) is 3.61. The molecule has 2 fully saturated rings. The summed E-state index contributed by atoms with van der Waals surface area (Å²) < 4.78 is 5.93. The molecule has 2 aliphatic rings. The van der Waals surface area contributed by atoms with E-state index in [9.17, 15) is 0 Å². The lowest BCUT2D eigenvalue weighted by Gasteiger charge is -2.40. The summed E-state index contributed by atoms with van der Waals surface area (Å²) in [6.45, 7) is 8.62. The zero-order chi connectivity index (χ0) is 13.0. The number of nitrogens with two attached hydrogens (primary N) is 1. The molecule has 3 heteroatoms. The first-order valence-corrected chi connectivity index (χ1v) is 7.84. The van der Waals surface area contributed by atoms with Crippen molar-refractivity contribution >= 4 is 0 Å². The minimum atomic E-state index is 0.244. The van der Waals surface area contributed by atoms with Gasteiger partial charge < -0.3 is 10.5 Å². The lowest BCUT2D eigenvalue weighted by Crippen LogP contribution is -2.53. The predicted molar refractivity (Wildman–Crippen MR) is 75.6 cm³/mol. The maximum Gasteiger partial charge on any atom is 0.0855 e.